The van der Waals surface area contributed by atoms with Crippen molar-refractivity contribution in [3.8, 4) is 0 Å². The van der Waals surface area contributed by atoms with Crippen LogP contribution >= 0.6 is 0 Å². The Morgan fingerprint density at radius 1 is 0.958 bits per heavy atom. The van der Waals surface area contributed by atoms with E-state index in [4.69, 9.17) is 23.4 Å². The van der Waals surface area contributed by atoms with Gasteiger partial charge in [-0.2, -0.15) is 0 Å². The largest absolute Gasteiger partial charge is 0.464 e. The Bertz CT molecular complexity index is 340. The molecule has 0 fully saturated rings. The average molecular weight is 365 g/mol. The summed E-state index contributed by atoms with van der Waals surface area (Å²) in [4.78, 5) is 11.3. The van der Waals surface area contributed by atoms with Gasteiger partial charge in [0.15, 0.2) is 14.4 Å². The molecule has 144 valence electrons. The Hall–Kier alpha value is -0.473. The maximum atomic E-state index is 11.3. The van der Waals surface area contributed by atoms with Gasteiger partial charge in [-0.25, -0.2) is 4.79 Å². The highest BCUT2D eigenvalue weighted by molar-refractivity contribution is 6.74. The highest BCUT2D eigenvalue weighted by Gasteiger charge is 2.36. The third-order valence-electron chi connectivity index (χ3n) is 4.08. The SMILES string of the molecule is CCOC(=O)C(C)OCCOCCOCCO[Si](C)(C)C(C)(C)C. The quantitative estimate of drug-likeness (QED) is 0.284. The normalized spacial score (nSPS) is 13.8. The zero-order valence-electron chi connectivity index (χ0n) is 16.5. The predicted octanol–water partition coefficient (Wildman–Crippen LogP) is 3.01. The molecule has 7 heteroatoms. The number of carbonyl (C=O) groups excluding carboxylic acids is 1. The summed E-state index contributed by atoms with van der Waals surface area (Å²) < 4.78 is 27.1. The van der Waals surface area contributed by atoms with Crippen LogP contribution in [0.3, 0.4) is 0 Å². The molecule has 0 saturated heterocycles. The molecule has 0 aromatic heterocycles. The summed E-state index contributed by atoms with van der Waals surface area (Å²) in [5.74, 6) is -0.345. The molecule has 1 unspecified atom stereocenters. The second-order valence-electron chi connectivity index (χ2n) is 7.10. The van der Waals surface area contributed by atoms with Crippen LogP contribution in [0.25, 0.3) is 0 Å². The van der Waals surface area contributed by atoms with Crippen molar-refractivity contribution in [3.63, 3.8) is 0 Å². The van der Waals surface area contributed by atoms with E-state index < -0.39 is 14.4 Å². The minimum atomic E-state index is -1.68. The Labute approximate surface area is 148 Å². The number of hydrogen-bond acceptors (Lipinski definition) is 6. The van der Waals surface area contributed by atoms with Crippen LogP contribution in [-0.4, -0.2) is 66.6 Å². The van der Waals surface area contributed by atoms with Crippen LogP contribution in [0.15, 0.2) is 0 Å². The Kier molecular flexibility index (Phi) is 11.7. The predicted molar refractivity (Wildman–Crippen MR) is 96.8 cm³/mol. The van der Waals surface area contributed by atoms with E-state index in [0.717, 1.165) is 0 Å². The van der Waals surface area contributed by atoms with E-state index in [1.54, 1.807) is 13.8 Å². The van der Waals surface area contributed by atoms with Crippen molar-refractivity contribution in [3.05, 3.63) is 0 Å². The van der Waals surface area contributed by atoms with Crippen molar-refractivity contribution in [2.24, 2.45) is 0 Å². The molecule has 6 nitrogen and oxygen atoms in total. The van der Waals surface area contributed by atoms with Gasteiger partial charge in [-0.15, -0.1) is 0 Å². The van der Waals surface area contributed by atoms with Crippen molar-refractivity contribution in [1.29, 1.82) is 0 Å². The molecular formula is C17H36O6Si. The van der Waals surface area contributed by atoms with Crippen LogP contribution in [0.1, 0.15) is 34.6 Å². The fourth-order valence-corrected chi connectivity index (χ4v) is 2.53. The average Bonchev–Trinajstić information content (AvgIpc) is 2.47. The van der Waals surface area contributed by atoms with Gasteiger partial charge < -0.3 is 23.4 Å². The topological polar surface area (TPSA) is 63.2 Å². The molecule has 0 aromatic carbocycles. The third-order valence-corrected chi connectivity index (χ3v) is 8.62. The Morgan fingerprint density at radius 3 is 1.96 bits per heavy atom. The molecule has 0 spiro atoms. The van der Waals surface area contributed by atoms with Gasteiger partial charge >= 0.3 is 5.97 Å². The highest BCUT2D eigenvalue weighted by Crippen LogP contribution is 2.36. The highest BCUT2D eigenvalue weighted by atomic mass is 28.4. The number of ether oxygens (including phenoxy) is 4. The van der Waals surface area contributed by atoms with Crippen LogP contribution < -0.4 is 0 Å². The minimum Gasteiger partial charge on any atom is -0.464 e. The summed E-state index contributed by atoms with van der Waals surface area (Å²) >= 11 is 0. The smallest absolute Gasteiger partial charge is 0.334 e. The van der Waals surface area contributed by atoms with Gasteiger partial charge in [-0.05, 0) is 32.0 Å². The lowest BCUT2D eigenvalue weighted by Crippen LogP contribution is -2.41. The van der Waals surface area contributed by atoms with Gasteiger partial charge in [0.1, 0.15) is 0 Å². The first kappa shape index (κ1) is 23.5. The van der Waals surface area contributed by atoms with E-state index in [1.807, 2.05) is 0 Å². The molecule has 0 aliphatic rings. The molecule has 0 bridgehead atoms. The van der Waals surface area contributed by atoms with Crippen LogP contribution in [0.4, 0.5) is 0 Å². The standard InChI is InChI=1S/C17H36O6Si/c1-8-21-16(18)15(2)22-13-11-19-9-10-20-12-14-23-24(6,7)17(3,4)5/h15H,8-14H2,1-7H3. The van der Waals surface area contributed by atoms with Crippen LogP contribution in [0, 0.1) is 0 Å². The van der Waals surface area contributed by atoms with Gasteiger partial charge in [-0.3, -0.25) is 0 Å². The third kappa shape index (κ3) is 10.4. The molecule has 0 aromatic rings. The van der Waals surface area contributed by atoms with Crippen LogP contribution in [0.5, 0.6) is 0 Å². The summed E-state index contributed by atoms with van der Waals surface area (Å²) in [6, 6.07) is 0. The van der Waals surface area contributed by atoms with Gasteiger partial charge in [-0.1, -0.05) is 20.8 Å². The zero-order chi connectivity index (χ0) is 18.6. The molecule has 0 rings (SSSR count). The summed E-state index contributed by atoms with van der Waals surface area (Å²) in [6.45, 7) is 17.9. The van der Waals surface area contributed by atoms with Crippen molar-refractivity contribution < 1.29 is 28.2 Å². The van der Waals surface area contributed by atoms with E-state index in [-0.39, 0.29) is 11.0 Å². The minimum absolute atomic E-state index is 0.219. The fraction of sp³-hybridized carbons (Fsp3) is 0.941. The lowest BCUT2D eigenvalue weighted by Gasteiger charge is -2.36. The van der Waals surface area contributed by atoms with Gasteiger partial charge in [0.2, 0.25) is 0 Å². The second-order valence-corrected chi connectivity index (χ2v) is 11.9. The molecule has 0 aliphatic heterocycles. The van der Waals surface area contributed by atoms with Gasteiger partial charge in [0.05, 0.1) is 46.2 Å². The van der Waals surface area contributed by atoms with Crippen molar-refractivity contribution in [1.82, 2.24) is 0 Å². The van der Waals surface area contributed by atoms with Crippen LogP contribution in [0.2, 0.25) is 18.1 Å². The maximum absolute atomic E-state index is 11.3. The van der Waals surface area contributed by atoms with Crippen molar-refractivity contribution in [2.45, 2.75) is 58.9 Å². The van der Waals surface area contributed by atoms with Gasteiger partial charge in [0, 0.05) is 0 Å². The lowest BCUT2D eigenvalue weighted by molar-refractivity contribution is -0.156. The molecule has 24 heavy (non-hydrogen) atoms. The molecular weight excluding hydrogens is 328 g/mol. The Balaban J connectivity index is 3.48. The van der Waals surface area contributed by atoms with E-state index in [1.165, 1.54) is 0 Å². The van der Waals surface area contributed by atoms with Gasteiger partial charge in [0.25, 0.3) is 0 Å². The maximum Gasteiger partial charge on any atom is 0.334 e. The van der Waals surface area contributed by atoms with Crippen LogP contribution in [-0.2, 0) is 28.2 Å². The van der Waals surface area contributed by atoms with E-state index in [2.05, 4.69) is 33.9 Å². The molecule has 0 aliphatic carbocycles. The molecule has 1 atom stereocenters. The zero-order valence-corrected chi connectivity index (χ0v) is 17.5. The number of hydrogen-bond donors (Lipinski definition) is 0. The summed E-state index contributed by atoms with van der Waals surface area (Å²) in [6.07, 6.45) is -0.558. The molecule has 0 radical (unpaired) electrons. The Morgan fingerprint density at radius 2 is 1.46 bits per heavy atom. The molecule has 0 N–H and O–H groups in total. The number of carbonyl (C=O) groups is 1. The summed E-state index contributed by atoms with van der Waals surface area (Å²) in [5.41, 5.74) is 0. The first-order chi connectivity index (χ1) is 11.1. The monoisotopic (exact) mass is 364 g/mol. The van der Waals surface area contributed by atoms with E-state index in [9.17, 15) is 4.79 Å². The summed E-state index contributed by atoms with van der Waals surface area (Å²) in [7, 11) is -1.68. The molecule has 0 heterocycles. The first-order valence-corrected chi connectivity index (χ1v) is 11.6. The van der Waals surface area contributed by atoms with E-state index in [0.29, 0.717) is 46.2 Å². The molecule has 0 amide bonds. The molecule has 0 saturated carbocycles. The second kappa shape index (κ2) is 12.0. The van der Waals surface area contributed by atoms with Crippen molar-refractivity contribution in [2.75, 3.05) is 46.2 Å². The lowest BCUT2D eigenvalue weighted by atomic mass is 10.2. The number of esters is 1. The first-order valence-electron chi connectivity index (χ1n) is 8.69. The fourth-order valence-electron chi connectivity index (χ4n) is 1.51. The van der Waals surface area contributed by atoms with E-state index >= 15 is 0 Å². The number of rotatable bonds is 13. The summed E-state index contributed by atoms with van der Waals surface area (Å²) in [5, 5.41) is 0.219. The van der Waals surface area contributed by atoms with Crippen molar-refractivity contribution >= 4 is 14.3 Å².